The molecule has 0 heterocycles. The highest BCUT2D eigenvalue weighted by Gasteiger charge is 2.08. The predicted molar refractivity (Wildman–Crippen MR) is 131 cm³/mol. The number of nitrogens with one attached hydrogen (secondary N) is 2. The molecule has 0 radical (unpaired) electrons. The fourth-order valence-corrected chi connectivity index (χ4v) is 3.26. The zero-order chi connectivity index (χ0) is 21.9. The molecule has 4 heteroatoms. The molecule has 1 amide bonds. The molecule has 0 unspecified atom stereocenters. The highest BCUT2D eigenvalue weighted by Crippen LogP contribution is 2.25. The highest BCUT2D eigenvalue weighted by atomic mass is 35.5. The van der Waals surface area contributed by atoms with Gasteiger partial charge in [-0.05, 0) is 72.9 Å². The van der Waals surface area contributed by atoms with E-state index in [2.05, 4.69) is 24.1 Å². The second-order valence-corrected chi connectivity index (χ2v) is 7.63. The number of anilines is 2. The Morgan fingerprint density at radius 2 is 1.77 bits per heavy atom. The van der Waals surface area contributed by atoms with Gasteiger partial charge in [-0.25, -0.2) is 0 Å². The number of halogens is 1. The Bertz CT molecular complexity index is 927. The van der Waals surface area contributed by atoms with E-state index in [1.165, 1.54) is 0 Å². The Labute approximate surface area is 185 Å². The largest absolute Gasteiger partial charge is 0.385 e. The first-order chi connectivity index (χ1) is 14.4. The van der Waals surface area contributed by atoms with Gasteiger partial charge in [-0.2, -0.15) is 0 Å². The van der Waals surface area contributed by atoms with Crippen LogP contribution in [0.1, 0.15) is 44.2 Å². The molecule has 3 nitrogen and oxygen atoms in total. The lowest BCUT2D eigenvalue weighted by molar-refractivity contribution is -0.112. The van der Waals surface area contributed by atoms with Crippen LogP contribution in [0.5, 0.6) is 0 Å². The first-order valence-corrected chi connectivity index (χ1v) is 10.8. The Balaban J connectivity index is 2.04. The number of aryl methyl sites for hydroxylation is 1. The van der Waals surface area contributed by atoms with Gasteiger partial charge in [-0.1, -0.05) is 62.7 Å². The molecule has 0 aromatic heterocycles. The summed E-state index contributed by atoms with van der Waals surface area (Å²) in [5, 5.41) is 6.99. The third-order valence-electron chi connectivity index (χ3n) is 4.62. The van der Waals surface area contributed by atoms with Gasteiger partial charge in [0.2, 0.25) is 0 Å². The Morgan fingerprint density at radius 3 is 2.40 bits per heavy atom. The SMILES string of the molecule is C=C(/C=C\C(=C/CC)C(=O)Nc1ccc(NCCCC)cc1)c1ccc(C)cc1Cl. The standard InChI is InChI=1S/C26H31ClN2O/c1-5-7-17-28-22-12-14-23(15-13-22)29-26(30)21(8-6-2)11-10-20(4)24-16-9-19(3)18-25(24)27/h8-16,18,28H,4-7,17H2,1-3H3,(H,29,30)/b11-10-,21-8+. The summed E-state index contributed by atoms with van der Waals surface area (Å²) >= 11 is 6.33. The molecule has 2 aromatic carbocycles. The van der Waals surface area contributed by atoms with Gasteiger partial charge in [0.15, 0.2) is 0 Å². The van der Waals surface area contributed by atoms with E-state index >= 15 is 0 Å². The summed E-state index contributed by atoms with van der Waals surface area (Å²) < 4.78 is 0. The molecule has 2 N–H and O–H groups in total. The van der Waals surface area contributed by atoms with E-state index < -0.39 is 0 Å². The number of benzene rings is 2. The third-order valence-corrected chi connectivity index (χ3v) is 4.94. The molecule has 30 heavy (non-hydrogen) atoms. The van der Waals surface area contributed by atoms with Crippen molar-refractivity contribution >= 4 is 34.5 Å². The van der Waals surface area contributed by atoms with Crippen LogP contribution >= 0.6 is 11.6 Å². The van der Waals surface area contributed by atoms with Gasteiger partial charge in [0, 0.05) is 28.5 Å². The van der Waals surface area contributed by atoms with Gasteiger partial charge < -0.3 is 10.6 Å². The van der Waals surface area contributed by atoms with Gasteiger partial charge in [0.05, 0.1) is 0 Å². The highest BCUT2D eigenvalue weighted by molar-refractivity contribution is 6.32. The van der Waals surface area contributed by atoms with Crippen molar-refractivity contribution in [1.29, 1.82) is 0 Å². The number of hydrogen-bond donors (Lipinski definition) is 2. The fourth-order valence-electron chi connectivity index (χ4n) is 2.90. The van der Waals surface area contributed by atoms with Gasteiger partial charge >= 0.3 is 0 Å². The van der Waals surface area contributed by atoms with Crippen LogP contribution < -0.4 is 10.6 Å². The second-order valence-electron chi connectivity index (χ2n) is 7.22. The summed E-state index contributed by atoms with van der Waals surface area (Å²) in [6, 6.07) is 13.6. The van der Waals surface area contributed by atoms with E-state index in [0.717, 1.165) is 53.9 Å². The maximum Gasteiger partial charge on any atom is 0.255 e. The average Bonchev–Trinajstić information content (AvgIpc) is 2.72. The topological polar surface area (TPSA) is 41.1 Å². The van der Waals surface area contributed by atoms with Gasteiger partial charge in [-0.15, -0.1) is 0 Å². The monoisotopic (exact) mass is 422 g/mol. The minimum Gasteiger partial charge on any atom is -0.385 e. The first kappa shape index (κ1) is 23.5. The minimum absolute atomic E-state index is 0.150. The number of allylic oxidation sites excluding steroid dienone is 3. The van der Waals surface area contributed by atoms with E-state index in [0.29, 0.717) is 10.6 Å². The van der Waals surface area contributed by atoms with Gasteiger partial charge in [-0.3, -0.25) is 4.79 Å². The molecule has 0 saturated heterocycles. The van der Waals surface area contributed by atoms with Crippen LogP contribution in [0.25, 0.3) is 5.57 Å². The molecule has 0 fully saturated rings. The second kappa shape index (κ2) is 12.0. The molecule has 158 valence electrons. The minimum atomic E-state index is -0.150. The van der Waals surface area contributed by atoms with Crippen molar-refractivity contribution in [2.45, 2.75) is 40.0 Å². The third kappa shape index (κ3) is 7.23. The maximum absolute atomic E-state index is 12.8. The number of unbranched alkanes of at least 4 members (excludes halogenated alkanes) is 1. The van der Waals surface area contributed by atoms with Crippen LogP contribution in [0.2, 0.25) is 5.02 Å². The van der Waals surface area contributed by atoms with Crippen molar-refractivity contribution in [3.63, 3.8) is 0 Å². The molecule has 0 aliphatic heterocycles. The lowest BCUT2D eigenvalue weighted by atomic mass is 10.0. The molecule has 0 saturated carbocycles. The van der Waals surface area contributed by atoms with Crippen molar-refractivity contribution in [1.82, 2.24) is 0 Å². The van der Waals surface area contributed by atoms with E-state index in [1.807, 2.05) is 68.5 Å². The quantitative estimate of drug-likeness (QED) is 0.238. The van der Waals surface area contributed by atoms with Crippen LogP contribution in [0.15, 0.2) is 72.8 Å². The number of amides is 1. The van der Waals surface area contributed by atoms with E-state index in [1.54, 1.807) is 6.08 Å². The smallest absolute Gasteiger partial charge is 0.255 e. The zero-order valence-corrected chi connectivity index (χ0v) is 18.9. The molecule has 0 bridgehead atoms. The zero-order valence-electron chi connectivity index (χ0n) is 18.1. The lowest BCUT2D eigenvalue weighted by Gasteiger charge is -2.09. The first-order valence-electron chi connectivity index (χ1n) is 10.4. The van der Waals surface area contributed by atoms with E-state index in [4.69, 9.17) is 11.6 Å². The summed E-state index contributed by atoms with van der Waals surface area (Å²) in [4.78, 5) is 12.8. The van der Waals surface area contributed by atoms with Crippen molar-refractivity contribution < 1.29 is 4.79 Å². The van der Waals surface area contributed by atoms with Crippen LogP contribution in [-0.4, -0.2) is 12.5 Å². The summed E-state index contributed by atoms with van der Waals surface area (Å²) in [6.45, 7) is 11.2. The number of carbonyl (C=O) groups excluding carboxylic acids is 1. The Morgan fingerprint density at radius 1 is 1.07 bits per heavy atom. The summed E-state index contributed by atoms with van der Waals surface area (Å²) in [5.74, 6) is -0.150. The molecule has 0 atom stereocenters. The summed E-state index contributed by atoms with van der Waals surface area (Å²) in [5.41, 5.74) is 5.12. The van der Waals surface area contributed by atoms with Crippen molar-refractivity contribution in [3.8, 4) is 0 Å². The summed E-state index contributed by atoms with van der Waals surface area (Å²) in [7, 11) is 0. The van der Waals surface area contributed by atoms with Crippen LogP contribution in [-0.2, 0) is 4.79 Å². The molecule has 0 aliphatic rings. The number of carbonyl (C=O) groups is 1. The molecular weight excluding hydrogens is 392 g/mol. The molecule has 0 spiro atoms. The van der Waals surface area contributed by atoms with Crippen LogP contribution in [0.4, 0.5) is 11.4 Å². The molecule has 2 rings (SSSR count). The number of hydrogen-bond acceptors (Lipinski definition) is 2. The molecule has 0 aliphatic carbocycles. The van der Waals surface area contributed by atoms with Crippen LogP contribution in [0, 0.1) is 6.92 Å². The summed E-state index contributed by atoms with van der Waals surface area (Å²) in [6.07, 6.45) is 8.57. The van der Waals surface area contributed by atoms with Crippen molar-refractivity contribution in [3.05, 3.63) is 89.0 Å². The van der Waals surface area contributed by atoms with Gasteiger partial charge in [0.25, 0.3) is 5.91 Å². The van der Waals surface area contributed by atoms with E-state index in [-0.39, 0.29) is 5.91 Å². The van der Waals surface area contributed by atoms with Gasteiger partial charge in [0.1, 0.15) is 0 Å². The van der Waals surface area contributed by atoms with Crippen molar-refractivity contribution in [2.75, 3.05) is 17.2 Å². The fraction of sp³-hybridized carbons (Fsp3) is 0.269. The molecular formula is C26H31ClN2O. The number of rotatable bonds is 10. The normalized spacial score (nSPS) is 11.5. The maximum atomic E-state index is 12.8. The lowest BCUT2D eigenvalue weighted by Crippen LogP contribution is -2.13. The van der Waals surface area contributed by atoms with Crippen molar-refractivity contribution in [2.24, 2.45) is 0 Å². The Hall–Kier alpha value is -2.78. The Kier molecular flexibility index (Phi) is 9.43. The van der Waals surface area contributed by atoms with Crippen LogP contribution in [0.3, 0.4) is 0 Å². The van der Waals surface area contributed by atoms with E-state index in [9.17, 15) is 4.79 Å². The molecule has 2 aromatic rings. The predicted octanol–water partition coefficient (Wildman–Crippen LogP) is 7.40. The average molecular weight is 423 g/mol.